The number of rotatable bonds is 5. The molecule has 0 aromatic heterocycles. The average molecular weight is 430 g/mol. The molecule has 0 bridgehead atoms. The Balaban J connectivity index is 1.63. The third kappa shape index (κ3) is 3.68. The summed E-state index contributed by atoms with van der Waals surface area (Å²) in [5.74, 6) is -1.09. The Hall–Kier alpha value is -2.28. The zero-order valence-corrected chi connectivity index (χ0v) is 17.3. The van der Waals surface area contributed by atoms with Crippen molar-refractivity contribution < 1.29 is 19.4 Å². The molecule has 0 spiro atoms. The second kappa shape index (κ2) is 8.22. The Morgan fingerprint density at radius 2 is 1.69 bits per heavy atom. The molecule has 0 radical (unpaired) electrons. The Bertz CT molecular complexity index is 908. The van der Waals surface area contributed by atoms with Crippen LogP contribution in [0.25, 0.3) is 0 Å². The van der Waals surface area contributed by atoms with Crippen LogP contribution in [-0.2, 0) is 14.3 Å². The Labute approximate surface area is 178 Å². The zero-order valence-electron chi connectivity index (χ0n) is 15.7. The van der Waals surface area contributed by atoms with Crippen LogP contribution in [0, 0.1) is 5.92 Å². The average Bonchev–Trinajstić information content (AvgIpc) is 2.73. The lowest BCUT2D eigenvalue weighted by Gasteiger charge is -2.50. The van der Waals surface area contributed by atoms with Crippen LogP contribution in [0.4, 0.5) is 0 Å². The van der Waals surface area contributed by atoms with Crippen LogP contribution in [-0.4, -0.2) is 39.1 Å². The third-order valence-electron chi connectivity index (χ3n) is 5.11. The maximum Gasteiger partial charge on any atom is 0.357 e. The minimum Gasteiger partial charge on any atom is -0.448 e. The van der Waals surface area contributed by atoms with Gasteiger partial charge in [0.1, 0.15) is 5.70 Å². The van der Waals surface area contributed by atoms with E-state index in [1.807, 2.05) is 60.7 Å². The zero-order chi connectivity index (χ0) is 20.5. The number of esters is 1. The predicted octanol–water partition coefficient (Wildman–Crippen LogP) is 3.68. The van der Waals surface area contributed by atoms with Gasteiger partial charge in [0, 0.05) is 5.75 Å². The van der Waals surface area contributed by atoms with E-state index in [4.69, 9.17) is 16.3 Å². The predicted molar refractivity (Wildman–Crippen MR) is 112 cm³/mol. The number of ether oxygens (including phenoxy) is 1. The number of benzene rings is 2. The van der Waals surface area contributed by atoms with Crippen LogP contribution in [0.15, 0.2) is 71.4 Å². The van der Waals surface area contributed by atoms with Crippen molar-refractivity contribution in [2.75, 3.05) is 5.75 Å². The SMILES string of the molecule is CC(O)C1C(=O)N2C(C(=O)OC(c3ccccc3)c3ccccc3)=C(Cl)CS[C@H]12. The van der Waals surface area contributed by atoms with E-state index >= 15 is 0 Å². The number of carbonyl (C=O) groups is 2. The molecule has 1 saturated heterocycles. The number of hydrogen-bond acceptors (Lipinski definition) is 5. The topological polar surface area (TPSA) is 66.8 Å². The Morgan fingerprint density at radius 1 is 1.14 bits per heavy atom. The molecule has 150 valence electrons. The molecule has 2 aliphatic rings. The van der Waals surface area contributed by atoms with E-state index in [0.29, 0.717) is 5.75 Å². The number of amides is 1. The van der Waals surface area contributed by atoms with Gasteiger partial charge in [0.25, 0.3) is 0 Å². The molecule has 1 amide bonds. The van der Waals surface area contributed by atoms with Gasteiger partial charge in [0.05, 0.1) is 22.4 Å². The smallest absolute Gasteiger partial charge is 0.357 e. The summed E-state index contributed by atoms with van der Waals surface area (Å²) in [5.41, 5.74) is 1.72. The molecule has 2 heterocycles. The summed E-state index contributed by atoms with van der Waals surface area (Å²) in [7, 11) is 0. The Morgan fingerprint density at radius 3 is 2.21 bits per heavy atom. The molecule has 29 heavy (non-hydrogen) atoms. The van der Waals surface area contributed by atoms with Gasteiger partial charge >= 0.3 is 5.97 Å². The van der Waals surface area contributed by atoms with Gasteiger partial charge < -0.3 is 9.84 Å². The normalized spacial score (nSPS) is 22.2. The molecule has 2 aliphatic heterocycles. The van der Waals surface area contributed by atoms with E-state index in [2.05, 4.69) is 0 Å². The van der Waals surface area contributed by atoms with E-state index < -0.39 is 24.1 Å². The minimum atomic E-state index is -0.785. The summed E-state index contributed by atoms with van der Waals surface area (Å²) in [4.78, 5) is 27.1. The first-order chi connectivity index (χ1) is 14.0. The Kier molecular flexibility index (Phi) is 5.67. The lowest BCUT2D eigenvalue weighted by Crippen LogP contribution is -2.64. The molecule has 2 aromatic carbocycles. The van der Waals surface area contributed by atoms with E-state index in [1.165, 1.54) is 16.7 Å². The molecule has 7 heteroatoms. The molecular weight excluding hydrogens is 410 g/mol. The number of thioether (sulfide) groups is 1. The summed E-state index contributed by atoms with van der Waals surface area (Å²) >= 11 is 7.78. The number of β-lactam (4-membered cyclic amide) rings is 1. The highest BCUT2D eigenvalue weighted by Crippen LogP contribution is 2.46. The maximum atomic E-state index is 13.1. The van der Waals surface area contributed by atoms with Crippen LogP contribution < -0.4 is 0 Å². The molecule has 2 unspecified atom stereocenters. The van der Waals surface area contributed by atoms with Gasteiger partial charge in [0.2, 0.25) is 5.91 Å². The van der Waals surface area contributed by atoms with Crippen molar-refractivity contribution in [3.63, 3.8) is 0 Å². The molecule has 4 rings (SSSR count). The van der Waals surface area contributed by atoms with E-state index in [1.54, 1.807) is 6.92 Å². The van der Waals surface area contributed by atoms with Crippen LogP contribution >= 0.6 is 23.4 Å². The number of aliphatic hydroxyl groups excluding tert-OH is 1. The highest BCUT2D eigenvalue weighted by molar-refractivity contribution is 8.00. The monoisotopic (exact) mass is 429 g/mol. The number of aliphatic hydroxyl groups is 1. The largest absolute Gasteiger partial charge is 0.448 e. The van der Waals surface area contributed by atoms with Crippen molar-refractivity contribution in [3.8, 4) is 0 Å². The fraction of sp³-hybridized carbons (Fsp3) is 0.273. The number of carbonyl (C=O) groups excluding carboxylic acids is 2. The second-order valence-corrected chi connectivity index (χ2v) is 8.60. The molecule has 1 fully saturated rings. The van der Waals surface area contributed by atoms with Crippen molar-refractivity contribution in [1.82, 2.24) is 4.90 Å². The highest BCUT2D eigenvalue weighted by Gasteiger charge is 2.55. The molecule has 1 N–H and O–H groups in total. The van der Waals surface area contributed by atoms with Gasteiger partial charge in [-0.05, 0) is 18.1 Å². The first-order valence-corrected chi connectivity index (χ1v) is 10.7. The first kappa shape index (κ1) is 20.0. The lowest BCUT2D eigenvalue weighted by molar-refractivity contribution is -0.160. The van der Waals surface area contributed by atoms with Crippen LogP contribution in [0.2, 0.25) is 0 Å². The maximum absolute atomic E-state index is 13.1. The standard InChI is InChI=1S/C22H20ClNO4S/c1-13(25)17-20(26)24-18(16(23)12-29-21(17)24)22(27)28-19(14-8-4-2-5-9-14)15-10-6-3-7-11-15/h2-11,13,17,19,21,25H,12H2,1H3/t13?,17?,21-/m1/s1. The van der Waals surface area contributed by atoms with Crippen LogP contribution in [0.5, 0.6) is 0 Å². The van der Waals surface area contributed by atoms with Crippen molar-refractivity contribution in [2.24, 2.45) is 5.92 Å². The second-order valence-electron chi connectivity index (χ2n) is 7.04. The number of halogens is 1. The summed E-state index contributed by atoms with van der Waals surface area (Å²) < 4.78 is 5.88. The van der Waals surface area contributed by atoms with Gasteiger partial charge in [0.15, 0.2) is 6.10 Å². The van der Waals surface area contributed by atoms with Gasteiger partial charge in [-0.1, -0.05) is 72.3 Å². The third-order valence-corrected chi connectivity index (χ3v) is 6.88. The van der Waals surface area contributed by atoms with Crippen molar-refractivity contribution in [3.05, 3.63) is 82.5 Å². The van der Waals surface area contributed by atoms with Gasteiger partial charge in [-0.3, -0.25) is 9.69 Å². The minimum absolute atomic E-state index is 0.0779. The number of hydrogen-bond donors (Lipinski definition) is 1. The number of nitrogens with zero attached hydrogens (tertiary/aromatic N) is 1. The van der Waals surface area contributed by atoms with E-state index in [-0.39, 0.29) is 22.0 Å². The van der Waals surface area contributed by atoms with Crippen molar-refractivity contribution in [2.45, 2.75) is 24.5 Å². The fourth-order valence-corrected chi connectivity index (χ4v) is 5.38. The molecular formula is C22H20ClNO4S. The van der Waals surface area contributed by atoms with Gasteiger partial charge in [-0.25, -0.2) is 4.79 Å². The molecule has 0 saturated carbocycles. The van der Waals surface area contributed by atoms with Crippen molar-refractivity contribution >= 4 is 35.2 Å². The van der Waals surface area contributed by atoms with Gasteiger partial charge in [-0.15, -0.1) is 11.8 Å². The van der Waals surface area contributed by atoms with Gasteiger partial charge in [-0.2, -0.15) is 0 Å². The van der Waals surface area contributed by atoms with E-state index in [0.717, 1.165) is 11.1 Å². The summed E-state index contributed by atoms with van der Waals surface area (Å²) in [5, 5.41) is 9.87. The quantitative estimate of drug-likeness (QED) is 0.580. The van der Waals surface area contributed by atoms with Crippen LogP contribution in [0.1, 0.15) is 24.2 Å². The molecule has 5 nitrogen and oxygen atoms in total. The van der Waals surface area contributed by atoms with E-state index in [9.17, 15) is 14.7 Å². The number of fused-ring (bicyclic) bond motifs is 1. The molecule has 0 aliphatic carbocycles. The fourth-order valence-electron chi connectivity index (χ4n) is 3.66. The highest BCUT2D eigenvalue weighted by atomic mass is 35.5. The molecule has 3 atom stereocenters. The molecule has 2 aromatic rings. The summed E-state index contributed by atoms with van der Waals surface area (Å²) in [6.07, 6.45) is -1.41. The van der Waals surface area contributed by atoms with Crippen LogP contribution in [0.3, 0.4) is 0 Å². The van der Waals surface area contributed by atoms with Crippen molar-refractivity contribution in [1.29, 1.82) is 0 Å². The summed E-state index contributed by atoms with van der Waals surface area (Å²) in [6.45, 7) is 1.58. The summed E-state index contributed by atoms with van der Waals surface area (Å²) in [6, 6.07) is 18.9. The lowest BCUT2D eigenvalue weighted by atomic mass is 9.91. The first-order valence-electron chi connectivity index (χ1n) is 9.31.